The second-order valence-electron chi connectivity index (χ2n) is 4.47. The van der Waals surface area contributed by atoms with Gasteiger partial charge < -0.3 is 5.32 Å². The number of para-hydroxylation sites is 1. The Kier molecular flexibility index (Phi) is 3.19. The monoisotopic (exact) mass is 280 g/mol. The smallest absolute Gasteiger partial charge is 0.269 e. The number of aromatic nitrogens is 2. The highest BCUT2D eigenvalue weighted by molar-refractivity contribution is 5.90. The zero-order valence-electron chi connectivity index (χ0n) is 11.3. The number of rotatable bonds is 3. The average Bonchev–Trinajstić information content (AvgIpc) is 2.53. The molecule has 3 rings (SSSR count). The Morgan fingerprint density at radius 1 is 1.05 bits per heavy atom. The third kappa shape index (κ3) is 2.38. The van der Waals surface area contributed by atoms with Gasteiger partial charge >= 0.3 is 0 Å². The number of nitrogens with one attached hydrogen (secondary N) is 1. The molecule has 0 amide bonds. The van der Waals surface area contributed by atoms with Crippen molar-refractivity contribution < 1.29 is 4.92 Å². The summed E-state index contributed by atoms with van der Waals surface area (Å²) in [6, 6.07) is 13.9. The van der Waals surface area contributed by atoms with E-state index in [-0.39, 0.29) is 5.69 Å². The van der Waals surface area contributed by atoms with Gasteiger partial charge in [-0.25, -0.2) is 9.97 Å². The van der Waals surface area contributed by atoms with E-state index in [1.54, 1.807) is 19.2 Å². The van der Waals surface area contributed by atoms with E-state index >= 15 is 0 Å². The molecule has 0 atom stereocenters. The highest BCUT2D eigenvalue weighted by Gasteiger charge is 2.10. The average molecular weight is 280 g/mol. The summed E-state index contributed by atoms with van der Waals surface area (Å²) in [5.41, 5.74) is 1.61. The molecule has 3 aromatic rings. The van der Waals surface area contributed by atoms with Crippen LogP contribution in [0.1, 0.15) is 0 Å². The van der Waals surface area contributed by atoms with Crippen LogP contribution in [0.5, 0.6) is 0 Å². The Balaban J connectivity index is 2.13. The van der Waals surface area contributed by atoms with Gasteiger partial charge in [0.1, 0.15) is 5.82 Å². The molecule has 0 fully saturated rings. The highest BCUT2D eigenvalue weighted by atomic mass is 16.6. The molecule has 0 bridgehead atoms. The Bertz CT molecular complexity index is 816. The molecule has 0 spiro atoms. The maximum Gasteiger partial charge on any atom is 0.269 e. The lowest BCUT2D eigenvalue weighted by molar-refractivity contribution is -0.384. The zero-order valence-corrected chi connectivity index (χ0v) is 11.3. The predicted molar refractivity (Wildman–Crippen MR) is 81.2 cm³/mol. The molecule has 6 heteroatoms. The summed E-state index contributed by atoms with van der Waals surface area (Å²) >= 11 is 0. The van der Waals surface area contributed by atoms with Gasteiger partial charge in [-0.3, -0.25) is 10.1 Å². The van der Waals surface area contributed by atoms with Gasteiger partial charge in [-0.2, -0.15) is 0 Å². The third-order valence-electron chi connectivity index (χ3n) is 3.18. The molecule has 0 aliphatic carbocycles. The van der Waals surface area contributed by atoms with Crippen LogP contribution in [0, 0.1) is 10.1 Å². The standard InChI is InChI=1S/C15H12N4O2/c1-16-15-12-4-2-3-5-13(12)17-14(18-15)10-6-8-11(9-7-10)19(20)21/h2-9H,1H3,(H,16,17,18). The number of hydrogen-bond donors (Lipinski definition) is 1. The molecule has 6 nitrogen and oxygen atoms in total. The van der Waals surface area contributed by atoms with Gasteiger partial charge in [0.2, 0.25) is 0 Å². The fourth-order valence-corrected chi connectivity index (χ4v) is 2.13. The van der Waals surface area contributed by atoms with Crippen molar-refractivity contribution in [2.45, 2.75) is 0 Å². The Morgan fingerprint density at radius 2 is 1.76 bits per heavy atom. The predicted octanol–water partition coefficient (Wildman–Crippen LogP) is 3.25. The summed E-state index contributed by atoms with van der Waals surface area (Å²) in [5, 5.41) is 14.7. The van der Waals surface area contributed by atoms with Crippen molar-refractivity contribution in [1.29, 1.82) is 0 Å². The molecule has 21 heavy (non-hydrogen) atoms. The molecule has 104 valence electrons. The molecular formula is C15H12N4O2. The summed E-state index contributed by atoms with van der Waals surface area (Å²) in [7, 11) is 1.80. The fraction of sp³-hybridized carbons (Fsp3) is 0.0667. The first-order valence-electron chi connectivity index (χ1n) is 6.38. The number of fused-ring (bicyclic) bond motifs is 1. The van der Waals surface area contributed by atoms with Crippen molar-refractivity contribution in [1.82, 2.24) is 9.97 Å². The van der Waals surface area contributed by atoms with Gasteiger partial charge in [0.25, 0.3) is 5.69 Å². The Hall–Kier alpha value is -3.02. The van der Waals surface area contributed by atoms with E-state index in [1.807, 2.05) is 24.3 Å². The van der Waals surface area contributed by atoms with Crippen LogP contribution in [0.4, 0.5) is 11.5 Å². The minimum atomic E-state index is -0.427. The van der Waals surface area contributed by atoms with Gasteiger partial charge in [0, 0.05) is 30.1 Å². The number of anilines is 1. The number of nitrogens with zero attached hydrogens (tertiary/aromatic N) is 3. The largest absolute Gasteiger partial charge is 0.373 e. The molecule has 0 saturated carbocycles. The van der Waals surface area contributed by atoms with Gasteiger partial charge in [-0.1, -0.05) is 12.1 Å². The van der Waals surface area contributed by atoms with E-state index in [0.29, 0.717) is 5.82 Å². The molecule has 0 radical (unpaired) electrons. The lowest BCUT2D eigenvalue weighted by Gasteiger charge is -2.08. The molecule has 1 N–H and O–H groups in total. The fourth-order valence-electron chi connectivity index (χ4n) is 2.13. The van der Waals surface area contributed by atoms with Crippen molar-refractivity contribution in [3.8, 4) is 11.4 Å². The van der Waals surface area contributed by atoms with Crippen LogP contribution in [0.3, 0.4) is 0 Å². The van der Waals surface area contributed by atoms with Crippen molar-refractivity contribution in [3.63, 3.8) is 0 Å². The molecule has 0 unspecified atom stereocenters. The highest BCUT2D eigenvalue weighted by Crippen LogP contribution is 2.25. The third-order valence-corrected chi connectivity index (χ3v) is 3.18. The van der Waals surface area contributed by atoms with Crippen LogP contribution >= 0.6 is 0 Å². The summed E-state index contributed by atoms with van der Waals surface area (Å²) in [4.78, 5) is 19.2. The normalized spacial score (nSPS) is 10.5. The second-order valence-corrected chi connectivity index (χ2v) is 4.47. The lowest BCUT2D eigenvalue weighted by atomic mass is 10.1. The quantitative estimate of drug-likeness (QED) is 0.588. The summed E-state index contributed by atoms with van der Waals surface area (Å²) < 4.78 is 0. The molecule has 1 aromatic heterocycles. The van der Waals surface area contributed by atoms with Crippen LogP contribution in [0.25, 0.3) is 22.3 Å². The van der Waals surface area contributed by atoms with Crippen molar-refractivity contribution in [3.05, 3.63) is 58.6 Å². The first kappa shape index (κ1) is 13.0. The first-order chi connectivity index (χ1) is 10.2. The summed E-state index contributed by atoms with van der Waals surface area (Å²) in [6.45, 7) is 0. The van der Waals surface area contributed by atoms with E-state index in [9.17, 15) is 10.1 Å². The van der Waals surface area contributed by atoms with E-state index < -0.39 is 4.92 Å². The van der Waals surface area contributed by atoms with Gasteiger partial charge in [0.05, 0.1) is 10.4 Å². The molecule has 2 aromatic carbocycles. The number of non-ortho nitro benzene ring substituents is 1. The number of benzene rings is 2. The van der Waals surface area contributed by atoms with E-state index in [0.717, 1.165) is 22.3 Å². The number of nitro benzene ring substituents is 1. The van der Waals surface area contributed by atoms with Crippen LogP contribution in [-0.4, -0.2) is 21.9 Å². The molecule has 0 aliphatic heterocycles. The Morgan fingerprint density at radius 3 is 2.43 bits per heavy atom. The summed E-state index contributed by atoms with van der Waals surface area (Å²) in [5.74, 6) is 1.27. The number of nitro groups is 1. The molecular weight excluding hydrogens is 268 g/mol. The summed E-state index contributed by atoms with van der Waals surface area (Å²) in [6.07, 6.45) is 0. The van der Waals surface area contributed by atoms with Crippen LogP contribution in [0.15, 0.2) is 48.5 Å². The Labute approximate surface area is 120 Å². The minimum absolute atomic E-state index is 0.0494. The van der Waals surface area contributed by atoms with E-state index in [2.05, 4.69) is 15.3 Å². The van der Waals surface area contributed by atoms with Gasteiger partial charge in [0.15, 0.2) is 5.82 Å². The topological polar surface area (TPSA) is 81.0 Å². The zero-order chi connectivity index (χ0) is 14.8. The molecule has 0 saturated heterocycles. The van der Waals surface area contributed by atoms with Crippen LogP contribution < -0.4 is 5.32 Å². The van der Waals surface area contributed by atoms with Gasteiger partial charge in [-0.05, 0) is 24.3 Å². The second kappa shape index (κ2) is 5.16. The van der Waals surface area contributed by atoms with Crippen LogP contribution in [0.2, 0.25) is 0 Å². The van der Waals surface area contributed by atoms with E-state index in [4.69, 9.17) is 0 Å². The minimum Gasteiger partial charge on any atom is -0.373 e. The van der Waals surface area contributed by atoms with Crippen LogP contribution in [-0.2, 0) is 0 Å². The molecule has 1 heterocycles. The van der Waals surface area contributed by atoms with Crippen molar-refractivity contribution in [2.75, 3.05) is 12.4 Å². The van der Waals surface area contributed by atoms with Gasteiger partial charge in [-0.15, -0.1) is 0 Å². The maximum absolute atomic E-state index is 10.7. The van der Waals surface area contributed by atoms with Crippen molar-refractivity contribution in [2.24, 2.45) is 0 Å². The molecule has 0 aliphatic rings. The lowest BCUT2D eigenvalue weighted by Crippen LogP contribution is -1.98. The van der Waals surface area contributed by atoms with E-state index in [1.165, 1.54) is 12.1 Å². The SMILES string of the molecule is CNc1nc(-c2ccc([N+](=O)[O-])cc2)nc2ccccc12. The maximum atomic E-state index is 10.7. The first-order valence-corrected chi connectivity index (χ1v) is 6.38. The number of hydrogen-bond acceptors (Lipinski definition) is 5. The van der Waals surface area contributed by atoms with Crippen molar-refractivity contribution >= 4 is 22.4 Å².